The molecule has 5 rings (SSSR count). The lowest BCUT2D eigenvalue weighted by atomic mass is 9.89. The van der Waals surface area contributed by atoms with Crippen molar-refractivity contribution in [3.8, 4) is 5.75 Å². The molecule has 3 aliphatic heterocycles. The van der Waals surface area contributed by atoms with Crippen LogP contribution in [0.2, 0.25) is 0 Å². The van der Waals surface area contributed by atoms with E-state index < -0.39 is 0 Å². The molecule has 7 nitrogen and oxygen atoms in total. The Morgan fingerprint density at radius 3 is 2.42 bits per heavy atom. The average Bonchev–Trinajstić information content (AvgIpc) is 3.00. The molecular formula is C33H40N4O3. The summed E-state index contributed by atoms with van der Waals surface area (Å²) >= 11 is 0. The number of amides is 1. The summed E-state index contributed by atoms with van der Waals surface area (Å²) in [6, 6.07) is 17.1. The first-order valence-electron chi connectivity index (χ1n) is 14.3. The van der Waals surface area contributed by atoms with Crippen molar-refractivity contribution in [3.63, 3.8) is 0 Å². The van der Waals surface area contributed by atoms with Gasteiger partial charge in [0, 0.05) is 43.3 Å². The molecule has 0 spiro atoms. The second-order valence-electron chi connectivity index (χ2n) is 10.3. The zero-order valence-corrected chi connectivity index (χ0v) is 23.8. The van der Waals surface area contributed by atoms with Crippen molar-refractivity contribution in [3.05, 3.63) is 107 Å². The number of hydrogen-bond acceptors (Lipinski definition) is 6. The molecule has 0 aromatic heterocycles. The Bertz CT molecular complexity index is 1300. The summed E-state index contributed by atoms with van der Waals surface area (Å²) < 4.78 is 10.8. The van der Waals surface area contributed by atoms with Crippen molar-refractivity contribution >= 4 is 11.6 Å². The van der Waals surface area contributed by atoms with Gasteiger partial charge >= 0.3 is 0 Å². The molecule has 40 heavy (non-hydrogen) atoms. The third-order valence-electron chi connectivity index (χ3n) is 7.96. The van der Waals surface area contributed by atoms with Crippen molar-refractivity contribution in [2.24, 2.45) is 0 Å². The summed E-state index contributed by atoms with van der Waals surface area (Å²) in [5.74, 6) is 2.09. The number of ether oxygens (including phenoxy) is 2. The molecule has 1 saturated heterocycles. The molecule has 0 radical (unpaired) electrons. The Morgan fingerprint density at radius 2 is 1.75 bits per heavy atom. The van der Waals surface area contributed by atoms with Gasteiger partial charge < -0.3 is 29.9 Å². The number of piperidine rings is 1. The molecular weight excluding hydrogens is 500 g/mol. The van der Waals surface area contributed by atoms with Crippen LogP contribution >= 0.6 is 0 Å². The SMILES string of the molecule is CC/C1=C(\C(=O)NCc2ccc(N3CCC(c4ccc(OC)cc4)CC3)cc2)N2C=C(OC)C=C/C2=C\CCN1. The zero-order chi connectivity index (χ0) is 27.9. The number of hydrogen-bond donors (Lipinski definition) is 2. The van der Waals surface area contributed by atoms with Gasteiger partial charge in [0.05, 0.1) is 20.4 Å². The fourth-order valence-corrected chi connectivity index (χ4v) is 5.62. The molecule has 1 fully saturated rings. The Kier molecular flexibility index (Phi) is 8.79. The fourth-order valence-electron chi connectivity index (χ4n) is 5.62. The molecule has 3 aliphatic rings. The lowest BCUT2D eigenvalue weighted by Gasteiger charge is -2.34. The first kappa shape index (κ1) is 27.4. The van der Waals surface area contributed by atoms with Crippen LogP contribution in [0.4, 0.5) is 5.69 Å². The second-order valence-corrected chi connectivity index (χ2v) is 10.3. The molecule has 0 bridgehead atoms. The van der Waals surface area contributed by atoms with Crippen LogP contribution in [0.5, 0.6) is 5.75 Å². The van der Waals surface area contributed by atoms with Crippen LogP contribution < -0.4 is 20.3 Å². The van der Waals surface area contributed by atoms with Gasteiger partial charge in [-0.2, -0.15) is 0 Å². The van der Waals surface area contributed by atoms with E-state index in [-0.39, 0.29) is 5.91 Å². The Balaban J connectivity index is 1.20. The van der Waals surface area contributed by atoms with E-state index in [2.05, 4.69) is 77.1 Å². The Morgan fingerprint density at radius 1 is 1.00 bits per heavy atom. The molecule has 3 heterocycles. The largest absolute Gasteiger partial charge is 0.497 e. The maximum atomic E-state index is 13.6. The summed E-state index contributed by atoms with van der Waals surface area (Å²) in [7, 11) is 3.35. The molecule has 210 valence electrons. The number of nitrogens with one attached hydrogen (secondary N) is 2. The van der Waals surface area contributed by atoms with Gasteiger partial charge in [0.1, 0.15) is 17.2 Å². The first-order chi connectivity index (χ1) is 19.6. The lowest BCUT2D eigenvalue weighted by molar-refractivity contribution is -0.118. The Hall–Kier alpha value is -4.13. The van der Waals surface area contributed by atoms with Gasteiger partial charge in [-0.1, -0.05) is 37.3 Å². The minimum atomic E-state index is -0.108. The molecule has 0 aliphatic carbocycles. The second kappa shape index (κ2) is 12.8. The van der Waals surface area contributed by atoms with Gasteiger partial charge in [-0.15, -0.1) is 0 Å². The highest BCUT2D eigenvalue weighted by atomic mass is 16.5. The summed E-state index contributed by atoms with van der Waals surface area (Å²) in [4.78, 5) is 18.0. The highest BCUT2D eigenvalue weighted by Crippen LogP contribution is 2.32. The van der Waals surface area contributed by atoms with Gasteiger partial charge in [-0.05, 0) is 79.1 Å². The van der Waals surface area contributed by atoms with Gasteiger partial charge in [0.25, 0.3) is 5.91 Å². The first-order valence-corrected chi connectivity index (χ1v) is 14.3. The number of anilines is 1. The summed E-state index contributed by atoms with van der Waals surface area (Å²) in [6.07, 6.45) is 11.8. The van der Waals surface area contributed by atoms with Crippen LogP contribution in [-0.4, -0.2) is 44.7 Å². The van der Waals surface area contributed by atoms with Gasteiger partial charge in [0.15, 0.2) is 0 Å². The van der Waals surface area contributed by atoms with Crippen LogP contribution in [0, 0.1) is 0 Å². The summed E-state index contributed by atoms with van der Waals surface area (Å²) in [5.41, 5.74) is 6.23. The third-order valence-corrected chi connectivity index (χ3v) is 7.96. The number of fused-ring (bicyclic) bond motifs is 1. The number of rotatable bonds is 8. The van der Waals surface area contributed by atoms with E-state index in [9.17, 15) is 4.79 Å². The van der Waals surface area contributed by atoms with E-state index >= 15 is 0 Å². The molecule has 0 atom stereocenters. The molecule has 0 unspecified atom stereocenters. The minimum absolute atomic E-state index is 0.108. The Labute approximate surface area is 237 Å². The number of nitrogens with zero attached hydrogens (tertiary/aromatic N) is 2. The number of benzene rings is 2. The van der Waals surface area contributed by atoms with Crippen LogP contribution in [0.1, 0.15) is 49.7 Å². The normalized spacial score (nSPS) is 20.8. The van der Waals surface area contributed by atoms with E-state index in [4.69, 9.17) is 9.47 Å². The highest BCUT2D eigenvalue weighted by molar-refractivity contribution is 5.94. The van der Waals surface area contributed by atoms with Gasteiger partial charge in [-0.25, -0.2) is 0 Å². The smallest absolute Gasteiger partial charge is 0.270 e. The van der Waals surface area contributed by atoms with Crippen LogP contribution in [0.25, 0.3) is 0 Å². The van der Waals surface area contributed by atoms with E-state index in [1.54, 1.807) is 14.2 Å². The quantitative estimate of drug-likeness (QED) is 0.458. The van der Waals surface area contributed by atoms with Crippen molar-refractivity contribution in [2.45, 2.75) is 45.1 Å². The van der Waals surface area contributed by atoms with Gasteiger partial charge in [0.2, 0.25) is 0 Å². The van der Waals surface area contributed by atoms with E-state index in [1.165, 1.54) is 11.3 Å². The number of carbonyl (C=O) groups excluding carboxylic acids is 1. The summed E-state index contributed by atoms with van der Waals surface area (Å²) in [6.45, 7) is 5.39. The zero-order valence-electron chi connectivity index (χ0n) is 23.8. The topological polar surface area (TPSA) is 66.1 Å². The molecule has 2 N–H and O–H groups in total. The van der Waals surface area contributed by atoms with E-state index in [1.807, 2.05) is 23.3 Å². The molecule has 2 aromatic rings. The number of methoxy groups -OCH3 is 2. The maximum Gasteiger partial charge on any atom is 0.270 e. The van der Waals surface area contributed by atoms with Crippen molar-refractivity contribution in [1.29, 1.82) is 0 Å². The number of allylic oxidation sites excluding steroid dienone is 3. The monoisotopic (exact) mass is 540 g/mol. The van der Waals surface area contributed by atoms with Crippen molar-refractivity contribution in [2.75, 3.05) is 38.8 Å². The lowest BCUT2D eigenvalue weighted by Crippen LogP contribution is -2.37. The van der Waals surface area contributed by atoms with Crippen LogP contribution in [0.15, 0.2) is 95.8 Å². The minimum Gasteiger partial charge on any atom is -0.497 e. The molecule has 2 aromatic carbocycles. The molecule has 7 heteroatoms. The highest BCUT2D eigenvalue weighted by Gasteiger charge is 2.26. The number of carbonyl (C=O) groups is 1. The van der Waals surface area contributed by atoms with E-state index in [0.29, 0.717) is 23.9 Å². The predicted molar refractivity (Wildman–Crippen MR) is 160 cm³/mol. The predicted octanol–water partition coefficient (Wildman–Crippen LogP) is 5.55. The third kappa shape index (κ3) is 6.19. The van der Waals surface area contributed by atoms with Crippen LogP contribution in [0.3, 0.4) is 0 Å². The van der Waals surface area contributed by atoms with E-state index in [0.717, 1.165) is 68.0 Å². The molecule has 1 amide bonds. The summed E-state index contributed by atoms with van der Waals surface area (Å²) in [5, 5.41) is 6.61. The fraction of sp³-hybridized carbons (Fsp3) is 0.364. The average molecular weight is 541 g/mol. The molecule has 0 saturated carbocycles. The van der Waals surface area contributed by atoms with Crippen molar-refractivity contribution < 1.29 is 14.3 Å². The van der Waals surface area contributed by atoms with Crippen LogP contribution in [-0.2, 0) is 16.1 Å². The van der Waals surface area contributed by atoms with Crippen molar-refractivity contribution in [1.82, 2.24) is 15.5 Å². The standard InChI is InChI=1S/C33H40N4O3/c1-4-31-32(37-23-30(40-3)16-13-28(37)6-5-19-34-31)33(38)35-22-24-7-11-27(12-8-24)36-20-17-26(18-21-36)25-9-14-29(39-2)15-10-25/h6-16,23,26,34H,4-5,17-22H2,1-3H3,(H,35,38)/b28-6+,32-31-. The maximum absolute atomic E-state index is 13.6. The van der Waals surface area contributed by atoms with Gasteiger partial charge in [-0.3, -0.25) is 4.79 Å².